The lowest BCUT2D eigenvalue weighted by Gasteiger charge is -2.16. The lowest BCUT2D eigenvalue weighted by Crippen LogP contribution is -2.37. The van der Waals surface area contributed by atoms with Crippen molar-refractivity contribution in [3.63, 3.8) is 0 Å². The number of aryl methyl sites for hydroxylation is 1. The molecule has 0 saturated carbocycles. The summed E-state index contributed by atoms with van der Waals surface area (Å²) in [6, 6.07) is 7.84. The fraction of sp³-hybridized carbons (Fsp3) is 0.385. The van der Waals surface area contributed by atoms with Gasteiger partial charge in [0.15, 0.2) is 0 Å². The molecule has 0 unspecified atom stereocenters. The van der Waals surface area contributed by atoms with E-state index in [0.717, 1.165) is 11.1 Å². The van der Waals surface area contributed by atoms with Gasteiger partial charge in [-0.3, -0.25) is 4.79 Å². The molecule has 1 aromatic carbocycles. The van der Waals surface area contributed by atoms with Crippen LogP contribution < -0.4 is 5.32 Å². The molecular formula is C13H17NO2. The predicted molar refractivity (Wildman–Crippen MR) is 62.9 cm³/mol. The molecule has 1 N–H and O–H groups in total. The highest BCUT2D eigenvalue weighted by Crippen LogP contribution is 2.12. The van der Waals surface area contributed by atoms with E-state index in [2.05, 4.69) is 5.32 Å². The zero-order chi connectivity index (χ0) is 12.2. The van der Waals surface area contributed by atoms with Crippen molar-refractivity contribution in [2.75, 3.05) is 0 Å². The van der Waals surface area contributed by atoms with Crippen LogP contribution in [-0.2, 0) is 16.1 Å². The maximum Gasteiger partial charge on any atom is 0.233 e. The lowest BCUT2D eigenvalue weighted by molar-refractivity contribution is -0.134. The molecule has 0 aliphatic heterocycles. The SMILES string of the molecule is Cc1ccccc1CNC(=O)C(C)(C)C=O. The lowest BCUT2D eigenvalue weighted by atomic mass is 9.94. The first kappa shape index (κ1) is 12.4. The molecule has 0 atom stereocenters. The van der Waals surface area contributed by atoms with Gasteiger partial charge in [0, 0.05) is 6.54 Å². The fourth-order valence-electron chi connectivity index (χ4n) is 1.27. The van der Waals surface area contributed by atoms with Crippen LogP contribution in [0.5, 0.6) is 0 Å². The van der Waals surface area contributed by atoms with Gasteiger partial charge < -0.3 is 10.1 Å². The summed E-state index contributed by atoms with van der Waals surface area (Å²) in [7, 11) is 0. The molecule has 0 radical (unpaired) electrons. The molecule has 0 aliphatic carbocycles. The Bertz CT molecular complexity index is 397. The van der Waals surface area contributed by atoms with Crippen molar-refractivity contribution in [1.82, 2.24) is 5.32 Å². The zero-order valence-corrected chi connectivity index (χ0v) is 9.91. The molecule has 0 saturated heterocycles. The minimum atomic E-state index is -0.956. The first-order valence-electron chi connectivity index (χ1n) is 5.26. The Morgan fingerprint density at radius 3 is 2.56 bits per heavy atom. The Balaban J connectivity index is 2.63. The van der Waals surface area contributed by atoms with E-state index in [0.29, 0.717) is 12.8 Å². The monoisotopic (exact) mass is 219 g/mol. The Morgan fingerprint density at radius 1 is 1.38 bits per heavy atom. The summed E-state index contributed by atoms with van der Waals surface area (Å²) in [6.07, 6.45) is 0.667. The standard InChI is InChI=1S/C13H17NO2/c1-10-6-4-5-7-11(10)8-14-12(16)13(2,3)9-15/h4-7,9H,8H2,1-3H3,(H,14,16). The minimum absolute atomic E-state index is 0.245. The molecule has 1 aromatic rings. The van der Waals surface area contributed by atoms with Crippen LogP contribution in [0.4, 0.5) is 0 Å². The van der Waals surface area contributed by atoms with Gasteiger partial charge in [-0.05, 0) is 31.9 Å². The number of nitrogens with one attached hydrogen (secondary N) is 1. The number of aldehydes is 1. The fourth-order valence-corrected chi connectivity index (χ4v) is 1.27. The summed E-state index contributed by atoms with van der Waals surface area (Å²) in [5.41, 5.74) is 1.24. The van der Waals surface area contributed by atoms with Crippen LogP contribution in [0.15, 0.2) is 24.3 Å². The van der Waals surface area contributed by atoms with Crippen LogP contribution in [0.3, 0.4) is 0 Å². The first-order chi connectivity index (χ1) is 7.47. The van der Waals surface area contributed by atoms with Crippen LogP contribution in [0.25, 0.3) is 0 Å². The summed E-state index contributed by atoms with van der Waals surface area (Å²) >= 11 is 0. The van der Waals surface area contributed by atoms with E-state index in [1.54, 1.807) is 13.8 Å². The normalized spacial score (nSPS) is 10.9. The average Bonchev–Trinajstić information content (AvgIpc) is 2.27. The molecule has 1 rings (SSSR count). The Morgan fingerprint density at radius 2 is 2.00 bits per heavy atom. The van der Waals surface area contributed by atoms with Crippen LogP contribution in [0.1, 0.15) is 25.0 Å². The molecule has 16 heavy (non-hydrogen) atoms. The maximum atomic E-state index is 11.6. The van der Waals surface area contributed by atoms with Crippen LogP contribution in [0, 0.1) is 12.3 Å². The summed E-state index contributed by atoms with van der Waals surface area (Å²) in [5, 5.41) is 2.76. The highest BCUT2D eigenvalue weighted by molar-refractivity contribution is 5.95. The number of carbonyl (C=O) groups is 2. The third-order valence-electron chi connectivity index (χ3n) is 2.58. The number of benzene rings is 1. The third kappa shape index (κ3) is 2.92. The second kappa shape index (κ2) is 4.92. The van der Waals surface area contributed by atoms with Gasteiger partial charge in [-0.15, -0.1) is 0 Å². The number of hydrogen-bond acceptors (Lipinski definition) is 2. The van der Waals surface area contributed by atoms with Gasteiger partial charge in [0.1, 0.15) is 6.29 Å². The van der Waals surface area contributed by atoms with Crippen molar-refractivity contribution in [2.45, 2.75) is 27.3 Å². The van der Waals surface area contributed by atoms with Crippen molar-refractivity contribution < 1.29 is 9.59 Å². The maximum absolute atomic E-state index is 11.6. The van der Waals surface area contributed by atoms with E-state index in [9.17, 15) is 9.59 Å². The quantitative estimate of drug-likeness (QED) is 0.620. The van der Waals surface area contributed by atoms with Crippen LogP contribution in [0.2, 0.25) is 0 Å². The van der Waals surface area contributed by atoms with Crippen molar-refractivity contribution >= 4 is 12.2 Å². The molecule has 3 heteroatoms. The van der Waals surface area contributed by atoms with Crippen molar-refractivity contribution in [3.8, 4) is 0 Å². The second-order valence-corrected chi connectivity index (χ2v) is 4.45. The van der Waals surface area contributed by atoms with E-state index in [1.165, 1.54) is 0 Å². The molecule has 86 valence electrons. The molecule has 0 heterocycles. The first-order valence-corrected chi connectivity index (χ1v) is 5.26. The van der Waals surface area contributed by atoms with Gasteiger partial charge in [-0.2, -0.15) is 0 Å². The predicted octanol–water partition coefficient (Wildman–Crippen LogP) is 1.84. The highest BCUT2D eigenvalue weighted by atomic mass is 16.2. The molecule has 0 spiro atoms. The Labute approximate surface area is 95.9 Å². The molecular weight excluding hydrogens is 202 g/mol. The molecule has 0 bridgehead atoms. The van der Waals surface area contributed by atoms with Crippen molar-refractivity contribution in [3.05, 3.63) is 35.4 Å². The average molecular weight is 219 g/mol. The van der Waals surface area contributed by atoms with Gasteiger partial charge in [-0.1, -0.05) is 24.3 Å². The van der Waals surface area contributed by atoms with Crippen LogP contribution >= 0.6 is 0 Å². The van der Waals surface area contributed by atoms with Gasteiger partial charge in [0.25, 0.3) is 0 Å². The van der Waals surface area contributed by atoms with Gasteiger partial charge in [0.2, 0.25) is 5.91 Å². The largest absolute Gasteiger partial charge is 0.351 e. The van der Waals surface area contributed by atoms with E-state index in [1.807, 2.05) is 31.2 Å². The molecule has 0 aromatic heterocycles. The van der Waals surface area contributed by atoms with Crippen molar-refractivity contribution in [2.24, 2.45) is 5.41 Å². The van der Waals surface area contributed by atoms with E-state index >= 15 is 0 Å². The second-order valence-electron chi connectivity index (χ2n) is 4.45. The zero-order valence-electron chi connectivity index (χ0n) is 9.91. The minimum Gasteiger partial charge on any atom is -0.351 e. The molecule has 3 nitrogen and oxygen atoms in total. The Kier molecular flexibility index (Phi) is 3.82. The third-order valence-corrected chi connectivity index (χ3v) is 2.58. The van der Waals surface area contributed by atoms with E-state index in [-0.39, 0.29) is 5.91 Å². The van der Waals surface area contributed by atoms with Gasteiger partial charge >= 0.3 is 0 Å². The summed E-state index contributed by atoms with van der Waals surface area (Å²) in [6.45, 7) is 5.66. The number of rotatable bonds is 4. The molecule has 1 amide bonds. The van der Waals surface area contributed by atoms with Gasteiger partial charge in [-0.25, -0.2) is 0 Å². The highest BCUT2D eigenvalue weighted by Gasteiger charge is 2.26. The summed E-state index contributed by atoms with van der Waals surface area (Å²) < 4.78 is 0. The number of amides is 1. The number of carbonyl (C=O) groups excluding carboxylic acids is 2. The van der Waals surface area contributed by atoms with Gasteiger partial charge in [0.05, 0.1) is 5.41 Å². The van der Waals surface area contributed by atoms with E-state index in [4.69, 9.17) is 0 Å². The topological polar surface area (TPSA) is 46.2 Å². The Hall–Kier alpha value is -1.64. The smallest absolute Gasteiger partial charge is 0.233 e. The summed E-state index contributed by atoms with van der Waals surface area (Å²) in [5.74, 6) is -0.245. The summed E-state index contributed by atoms with van der Waals surface area (Å²) in [4.78, 5) is 22.3. The van der Waals surface area contributed by atoms with Crippen LogP contribution in [-0.4, -0.2) is 12.2 Å². The molecule has 0 fully saturated rings. The van der Waals surface area contributed by atoms with E-state index < -0.39 is 5.41 Å². The molecule has 0 aliphatic rings. The number of hydrogen-bond donors (Lipinski definition) is 1. The van der Waals surface area contributed by atoms with Crippen molar-refractivity contribution in [1.29, 1.82) is 0 Å².